The Hall–Kier alpha value is -1.86. The van der Waals surface area contributed by atoms with Gasteiger partial charge in [0.25, 0.3) is 0 Å². The summed E-state index contributed by atoms with van der Waals surface area (Å²) < 4.78 is 14.7. The average molecular weight is 424 g/mol. The lowest BCUT2D eigenvalue weighted by atomic mass is 10.0. The van der Waals surface area contributed by atoms with Crippen molar-refractivity contribution in [3.63, 3.8) is 0 Å². The number of nitrogens with zero attached hydrogens (tertiary/aromatic N) is 4. The SMILES string of the molecule is CCNC(=NCC(c1c(F)cccc1Cl)N1CCCC1)N1CCN(C(C)=O)CC1. The van der Waals surface area contributed by atoms with Gasteiger partial charge in [-0.05, 0) is 45.0 Å². The maximum Gasteiger partial charge on any atom is 0.219 e. The molecule has 0 spiro atoms. The fraction of sp³-hybridized carbons (Fsp3) is 0.619. The first-order chi connectivity index (χ1) is 14.0. The third kappa shape index (κ3) is 5.39. The molecule has 1 aromatic carbocycles. The van der Waals surface area contributed by atoms with Gasteiger partial charge in [0.15, 0.2) is 5.96 Å². The molecule has 1 unspecified atom stereocenters. The van der Waals surface area contributed by atoms with E-state index in [4.69, 9.17) is 16.6 Å². The van der Waals surface area contributed by atoms with Gasteiger partial charge in [-0.2, -0.15) is 0 Å². The lowest BCUT2D eigenvalue weighted by Gasteiger charge is -2.36. The van der Waals surface area contributed by atoms with Crippen LogP contribution in [0.2, 0.25) is 5.02 Å². The second-order valence-corrected chi connectivity index (χ2v) is 7.99. The van der Waals surface area contributed by atoms with E-state index in [2.05, 4.69) is 15.1 Å². The Labute approximate surface area is 177 Å². The van der Waals surface area contributed by atoms with Crippen LogP contribution in [-0.2, 0) is 4.79 Å². The molecule has 0 aromatic heterocycles. The molecule has 2 fully saturated rings. The van der Waals surface area contributed by atoms with Crippen LogP contribution in [0.3, 0.4) is 0 Å². The molecular weight excluding hydrogens is 393 g/mol. The Balaban J connectivity index is 1.79. The van der Waals surface area contributed by atoms with Crippen molar-refractivity contribution in [2.24, 2.45) is 4.99 Å². The van der Waals surface area contributed by atoms with Crippen LogP contribution in [-0.4, -0.2) is 78.9 Å². The fourth-order valence-corrected chi connectivity index (χ4v) is 4.39. The number of halogens is 2. The van der Waals surface area contributed by atoms with Crippen LogP contribution in [0.1, 0.15) is 38.3 Å². The van der Waals surface area contributed by atoms with Gasteiger partial charge in [-0.25, -0.2) is 4.39 Å². The molecule has 2 heterocycles. The first kappa shape index (κ1) is 21.8. The molecule has 2 aliphatic rings. The number of nitrogens with one attached hydrogen (secondary N) is 1. The van der Waals surface area contributed by atoms with E-state index in [0.717, 1.165) is 51.5 Å². The number of likely N-dealkylation sites (tertiary alicyclic amines) is 1. The summed E-state index contributed by atoms with van der Waals surface area (Å²) in [4.78, 5) is 22.8. The van der Waals surface area contributed by atoms with Crippen LogP contribution < -0.4 is 5.32 Å². The molecule has 29 heavy (non-hydrogen) atoms. The van der Waals surface area contributed by atoms with Crippen molar-refractivity contribution in [3.05, 3.63) is 34.6 Å². The first-order valence-electron chi connectivity index (χ1n) is 10.5. The molecule has 1 aromatic rings. The highest BCUT2D eigenvalue weighted by atomic mass is 35.5. The summed E-state index contributed by atoms with van der Waals surface area (Å²) in [5.74, 6) is 0.645. The van der Waals surface area contributed by atoms with Crippen molar-refractivity contribution in [2.75, 3.05) is 52.4 Å². The van der Waals surface area contributed by atoms with Crippen molar-refractivity contribution >= 4 is 23.5 Å². The summed E-state index contributed by atoms with van der Waals surface area (Å²) in [6, 6.07) is 4.68. The Bertz CT molecular complexity index is 710. The number of carbonyl (C=O) groups is 1. The molecule has 0 aliphatic carbocycles. The summed E-state index contributed by atoms with van der Waals surface area (Å²) in [6.45, 7) is 9.54. The third-order valence-corrected chi connectivity index (χ3v) is 6.02. The minimum atomic E-state index is -0.273. The Morgan fingerprint density at radius 3 is 2.41 bits per heavy atom. The van der Waals surface area contributed by atoms with Crippen LogP contribution in [0.25, 0.3) is 0 Å². The molecule has 3 rings (SSSR count). The zero-order valence-electron chi connectivity index (χ0n) is 17.3. The second kappa shape index (κ2) is 10.3. The summed E-state index contributed by atoms with van der Waals surface area (Å²) in [7, 11) is 0. The van der Waals surface area contributed by atoms with Gasteiger partial charge >= 0.3 is 0 Å². The number of aliphatic imine (C=N–C) groups is 1. The zero-order valence-corrected chi connectivity index (χ0v) is 18.1. The Kier molecular flexibility index (Phi) is 7.72. The highest BCUT2D eigenvalue weighted by Crippen LogP contribution is 2.32. The number of benzene rings is 1. The molecule has 6 nitrogen and oxygen atoms in total. The second-order valence-electron chi connectivity index (χ2n) is 7.58. The molecule has 1 N–H and O–H groups in total. The van der Waals surface area contributed by atoms with E-state index >= 15 is 0 Å². The topological polar surface area (TPSA) is 51.2 Å². The largest absolute Gasteiger partial charge is 0.357 e. The van der Waals surface area contributed by atoms with Crippen LogP contribution in [0.15, 0.2) is 23.2 Å². The number of carbonyl (C=O) groups excluding carboxylic acids is 1. The van der Waals surface area contributed by atoms with Crippen LogP contribution in [0.5, 0.6) is 0 Å². The monoisotopic (exact) mass is 423 g/mol. The normalized spacial score (nSPS) is 19.5. The van der Waals surface area contributed by atoms with Crippen LogP contribution >= 0.6 is 11.6 Å². The average Bonchev–Trinajstić information content (AvgIpc) is 3.24. The van der Waals surface area contributed by atoms with Crippen LogP contribution in [0, 0.1) is 5.82 Å². The highest BCUT2D eigenvalue weighted by molar-refractivity contribution is 6.31. The van der Waals surface area contributed by atoms with E-state index < -0.39 is 0 Å². The number of amides is 1. The van der Waals surface area contributed by atoms with E-state index in [0.29, 0.717) is 30.2 Å². The predicted octanol–water partition coefficient (Wildman–Crippen LogP) is 2.75. The summed E-state index contributed by atoms with van der Waals surface area (Å²) in [6.07, 6.45) is 2.22. The fourth-order valence-electron chi connectivity index (χ4n) is 4.10. The number of hydrogen-bond donors (Lipinski definition) is 1. The third-order valence-electron chi connectivity index (χ3n) is 5.69. The minimum absolute atomic E-state index is 0.106. The number of guanidine groups is 1. The molecule has 8 heteroatoms. The predicted molar refractivity (Wildman–Crippen MR) is 115 cm³/mol. The molecule has 0 bridgehead atoms. The lowest BCUT2D eigenvalue weighted by molar-refractivity contribution is -0.130. The van der Waals surface area contributed by atoms with E-state index in [9.17, 15) is 9.18 Å². The lowest BCUT2D eigenvalue weighted by Crippen LogP contribution is -2.53. The highest BCUT2D eigenvalue weighted by Gasteiger charge is 2.28. The maximum atomic E-state index is 14.7. The summed E-state index contributed by atoms with van der Waals surface area (Å²) in [5.41, 5.74) is 0.539. The zero-order chi connectivity index (χ0) is 20.8. The first-order valence-corrected chi connectivity index (χ1v) is 10.9. The quantitative estimate of drug-likeness (QED) is 0.584. The van der Waals surface area contributed by atoms with Gasteiger partial charge in [-0.1, -0.05) is 17.7 Å². The van der Waals surface area contributed by atoms with Crippen LogP contribution in [0.4, 0.5) is 4.39 Å². The van der Waals surface area contributed by atoms with Gasteiger partial charge in [0, 0.05) is 50.2 Å². The molecule has 2 saturated heterocycles. The van der Waals surface area contributed by atoms with Gasteiger partial charge in [-0.15, -0.1) is 0 Å². The van der Waals surface area contributed by atoms with Crippen molar-refractivity contribution in [3.8, 4) is 0 Å². The van der Waals surface area contributed by atoms with Crippen molar-refractivity contribution in [1.82, 2.24) is 20.0 Å². The van der Waals surface area contributed by atoms with Gasteiger partial charge < -0.3 is 15.1 Å². The van der Waals surface area contributed by atoms with Crippen molar-refractivity contribution in [2.45, 2.75) is 32.7 Å². The molecule has 0 radical (unpaired) electrons. The Morgan fingerprint density at radius 2 is 1.83 bits per heavy atom. The van der Waals surface area contributed by atoms with Gasteiger partial charge in [0.05, 0.1) is 12.6 Å². The number of piperazine rings is 1. The van der Waals surface area contributed by atoms with Crippen molar-refractivity contribution < 1.29 is 9.18 Å². The standard InChI is InChI=1S/C21H31ClFN5O/c1-3-24-21(28-13-11-26(12-14-28)16(2)29)25-15-19(27-9-4-5-10-27)20-17(22)7-6-8-18(20)23/h6-8,19H,3-5,9-15H2,1-2H3,(H,24,25). The maximum absolute atomic E-state index is 14.7. The van der Waals surface area contributed by atoms with Gasteiger partial charge in [-0.3, -0.25) is 14.7 Å². The molecule has 2 aliphatic heterocycles. The number of hydrogen-bond acceptors (Lipinski definition) is 3. The molecule has 0 saturated carbocycles. The van der Waals surface area contributed by atoms with E-state index in [1.54, 1.807) is 19.1 Å². The van der Waals surface area contributed by atoms with Gasteiger partial charge in [0.1, 0.15) is 5.82 Å². The molecular formula is C21H31ClFN5O. The van der Waals surface area contributed by atoms with E-state index in [1.807, 2.05) is 11.8 Å². The van der Waals surface area contributed by atoms with E-state index in [-0.39, 0.29) is 17.8 Å². The molecule has 1 amide bonds. The molecule has 160 valence electrons. The van der Waals surface area contributed by atoms with Crippen molar-refractivity contribution in [1.29, 1.82) is 0 Å². The summed E-state index contributed by atoms with van der Waals surface area (Å²) >= 11 is 6.39. The molecule has 1 atom stereocenters. The summed E-state index contributed by atoms with van der Waals surface area (Å²) in [5, 5.41) is 3.81. The minimum Gasteiger partial charge on any atom is -0.357 e. The van der Waals surface area contributed by atoms with Gasteiger partial charge in [0.2, 0.25) is 5.91 Å². The van der Waals surface area contributed by atoms with E-state index in [1.165, 1.54) is 6.07 Å². The smallest absolute Gasteiger partial charge is 0.219 e. The number of rotatable bonds is 5. The Morgan fingerprint density at radius 1 is 1.17 bits per heavy atom.